The molecule has 0 bridgehead atoms. The van der Waals surface area contributed by atoms with E-state index in [4.69, 9.17) is 10.00 Å². The number of rotatable bonds is 3. The molecule has 2 rings (SSSR count). The minimum absolute atomic E-state index is 0.0593. The predicted octanol–water partition coefficient (Wildman–Crippen LogP) is 1.53. The molecule has 16 heavy (non-hydrogen) atoms. The molecular weight excluding hydrogens is 204 g/mol. The highest BCUT2D eigenvalue weighted by Crippen LogP contribution is 2.17. The summed E-state index contributed by atoms with van der Waals surface area (Å²) in [5.74, 6) is 0.269. The van der Waals surface area contributed by atoms with E-state index >= 15 is 0 Å². The van der Waals surface area contributed by atoms with Crippen molar-refractivity contribution in [2.24, 2.45) is 5.92 Å². The van der Waals surface area contributed by atoms with Gasteiger partial charge in [-0.05, 0) is 12.1 Å². The molecule has 1 amide bonds. The Labute approximate surface area is 93.8 Å². The van der Waals surface area contributed by atoms with E-state index in [1.54, 1.807) is 24.3 Å². The lowest BCUT2D eigenvalue weighted by Crippen LogP contribution is -2.31. The smallest absolute Gasteiger partial charge is 0.224 e. The van der Waals surface area contributed by atoms with Gasteiger partial charge in [-0.3, -0.25) is 4.79 Å². The van der Waals surface area contributed by atoms with Crippen LogP contribution in [0.15, 0.2) is 24.3 Å². The number of nitrogens with one attached hydrogen (secondary N) is 1. The summed E-state index contributed by atoms with van der Waals surface area (Å²) in [7, 11) is 0. The van der Waals surface area contributed by atoms with Crippen molar-refractivity contribution in [3.05, 3.63) is 29.8 Å². The zero-order valence-electron chi connectivity index (χ0n) is 8.77. The van der Waals surface area contributed by atoms with Gasteiger partial charge in [-0.25, -0.2) is 0 Å². The van der Waals surface area contributed by atoms with Crippen LogP contribution in [0.5, 0.6) is 0 Å². The maximum Gasteiger partial charge on any atom is 0.224 e. The topological polar surface area (TPSA) is 62.1 Å². The highest BCUT2D eigenvalue weighted by Gasteiger charge is 2.21. The van der Waals surface area contributed by atoms with Gasteiger partial charge in [0.25, 0.3) is 0 Å². The van der Waals surface area contributed by atoms with E-state index in [1.807, 2.05) is 6.07 Å². The van der Waals surface area contributed by atoms with Crippen molar-refractivity contribution in [3.8, 4) is 6.07 Å². The monoisotopic (exact) mass is 216 g/mol. The van der Waals surface area contributed by atoms with Gasteiger partial charge in [0.15, 0.2) is 0 Å². The lowest BCUT2D eigenvalue weighted by molar-refractivity contribution is -0.121. The summed E-state index contributed by atoms with van der Waals surface area (Å²) in [5.41, 5.74) is 1.07. The highest BCUT2D eigenvalue weighted by molar-refractivity contribution is 5.92. The van der Waals surface area contributed by atoms with Gasteiger partial charge in [0, 0.05) is 12.3 Å². The van der Waals surface area contributed by atoms with E-state index in [0.29, 0.717) is 36.8 Å². The predicted molar refractivity (Wildman–Crippen MR) is 58.7 cm³/mol. The normalized spacial score (nSPS) is 14.9. The van der Waals surface area contributed by atoms with Crippen molar-refractivity contribution in [1.82, 2.24) is 0 Å². The molecule has 1 heterocycles. The Morgan fingerprint density at radius 2 is 2.25 bits per heavy atom. The molecule has 1 aliphatic rings. The Bertz CT molecular complexity index is 433. The van der Waals surface area contributed by atoms with Crippen LogP contribution in [0.25, 0.3) is 0 Å². The molecule has 0 unspecified atom stereocenters. The summed E-state index contributed by atoms with van der Waals surface area (Å²) >= 11 is 0. The summed E-state index contributed by atoms with van der Waals surface area (Å²) in [4.78, 5) is 11.6. The van der Waals surface area contributed by atoms with Crippen molar-refractivity contribution >= 4 is 11.6 Å². The zero-order chi connectivity index (χ0) is 11.4. The molecular formula is C12H12N2O2. The van der Waals surface area contributed by atoms with E-state index in [1.165, 1.54) is 0 Å². The number of hydrogen-bond donors (Lipinski definition) is 1. The van der Waals surface area contributed by atoms with Crippen molar-refractivity contribution < 1.29 is 9.53 Å². The second-order valence-electron chi connectivity index (χ2n) is 3.81. The Hall–Kier alpha value is -1.86. The van der Waals surface area contributed by atoms with Crippen LogP contribution in [0.4, 0.5) is 5.69 Å². The number of para-hydroxylation sites is 1. The highest BCUT2D eigenvalue weighted by atomic mass is 16.5. The Balaban J connectivity index is 1.97. The van der Waals surface area contributed by atoms with E-state index in [2.05, 4.69) is 5.32 Å². The molecule has 0 spiro atoms. The minimum atomic E-state index is -0.0593. The number of nitriles is 1. The molecule has 0 saturated carbocycles. The lowest BCUT2D eigenvalue weighted by Gasteiger charge is -2.25. The van der Waals surface area contributed by atoms with Crippen molar-refractivity contribution in [3.63, 3.8) is 0 Å². The number of anilines is 1. The number of benzene rings is 1. The minimum Gasteiger partial charge on any atom is -0.381 e. The fraction of sp³-hybridized carbons (Fsp3) is 0.333. The quantitative estimate of drug-likeness (QED) is 0.833. The first-order valence-electron chi connectivity index (χ1n) is 5.16. The molecule has 4 heteroatoms. The third-order valence-corrected chi connectivity index (χ3v) is 2.50. The average Bonchev–Trinajstić information content (AvgIpc) is 2.24. The van der Waals surface area contributed by atoms with Gasteiger partial charge in [-0.15, -0.1) is 0 Å². The maximum absolute atomic E-state index is 11.6. The molecule has 1 N–H and O–H groups in total. The van der Waals surface area contributed by atoms with Crippen molar-refractivity contribution in [1.29, 1.82) is 5.26 Å². The molecule has 0 aliphatic carbocycles. The van der Waals surface area contributed by atoms with Gasteiger partial charge in [0.1, 0.15) is 6.07 Å². The first-order chi connectivity index (χ1) is 7.79. The molecule has 4 nitrogen and oxygen atoms in total. The van der Waals surface area contributed by atoms with Crippen LogP contribution in [-0.4, -0.2) is 19.1 Å². The van der Waals surface area contributed by atoms with Gasteiger partial charge in [-0.1, -0.05) is 12.1 Å². The van der Waals surface area contributed by atoms with E-state index in [9.17, 15) is 4.79 Å². The third kappa shape index (κ3) is 2.38. The van der Waals surface area contributed by atoms with Gasteiger partial charge < -0.3 is 10.1 Å². The summed E-state index contributed by atoms with van der Waals surface area (Å²) in [6.45, 7) is 1.32. The number of hydrogen-bond acceptors (Lipinski definition) is 3. The third-order valence-electron chi connectivity index (χ3n) is 2.50. The summed E-state index contributed by atoms with van der Waals surface area (Å²) in [6.07, 6.45) is 0.458. The van der Waals surface area contributed by atoms with Crippen LogP contribution >= 0.6 is 0 Å². The van der Waals surface area contributed by atoms with Gasteiger partial charge in [0.2, 0.25) is 5.91 Å². The molecule has 82 valence electrons. The lowest BCUT2D eigenvalue weighted by atomic mass is 10.0. The molecule has 1 aromatic rings. The van der Waals surface area contributed by atoms with Crippen LogP contribution in [0.1, 0.15) is 12.0 Å². The molecule has 0 radical (unpaired) electrons. The summed E-state index contributed by atoms with van der Waals surface area (Å²) in [5, 5.41) is 11.6. The molecule has 0 aromatic heterocycles. The number of nitrogens with zero attached hydrogens (tertiary/aromatic N) is 1. The fourth-order valence-corrected chi connectivity index (χ4v) is 1.56. The number of ether oxygens (including phenoxy) is 1. The molecule has 1 aromatic carbocycles. The van der Waals surface area contributed by atoms with Gasteiger partial charge in [-0.2, -0.15) is 5.26 Å². The summed E-state index contributed by atoms with van der Waals surface area (Å²) in [6, 6.07) is 9.02. The maximum atomic E-state index is 11.6. The molecule has 0 atom stereocenters. The number of amides is 1. The fourth-order valence-electron chi connectivity index (χ4n) is 1.56. The largest absolute Gasteiger partial charge is 0.381 e. The second-order valence-corrected chi connectivity index (χ2v) is 3.81. The van der Waals surface area contributed by atoms with Crippen molar-refractivity contribution in [2.45, 2.75) is 6.42 Å². The van der Waals surface area contributed by atoms with Crippen LogP contribution < -0.4 is 5.32 Å². The number of carbonyl (C=O) groups excluding carboxylic acids is 1. The van der Waals surface area contributed by atoms with E-state index in [0.717, 1.165) is 0 Å². The Morgan fingerprint density at radius 1 is 1.50 bits per heavy atom. The molecule has 1 aliphatic heterocycles. The first kappa shape index (κ1) is 10.7. The van der Waals surface area contributed by atoms with Gasteiger partial charge in [0.05, 0.1) is 24.5 Å². The van der Waals surface area contributed by atoms with Crippen LogP contribution in [0, 0.1) is 17.2 Å². The van der Waals surface area contributed by atoms with E-state index < -0.39 is 0 Å². The standard InChI is InChI=1S/C12H12N2O2/c13-6-10-3-1-2-4-11(10)14-12(15)5-9-7-16-8-9/h1-4,9H,5,7-8H2,(H,14,15). The van der Waals surface area contributed by atoms with Crippen molar-refractivity contribution in [2.75, 3.05) is 18.5 Å². The Kier molecular flexibility index (Phi) is 3.18. The molecule has 1 saturated heterocycles. The summed E-state index contributed by atoms with van der Waals surface area (Å²) < 4.78 is 5.00. The van der Waals surface area contributed by atoms with Crippen LogP contribution in [-0.2, 0) is 9.53 Å². The molecule has 1 fully saturated rings. The SMILES string of the molecule is N#Cc1ccccc1NC(=O)CC1COC1. The Morgan fingerprint density at radius 3 is 2.88 bits per heavy atom. The zero-order valence-corrected chi connectivity index (χ0v) is 8.77. The first-order valence-corrected chi connectivity index (χ1v) is 5.16. The van der Waals surface area contributed by atoms with Crippen LogP contribution in [0.2, 0.25) is 0 Å². The van der Waals surface area contributed by atoms with Crippen LogP contribution in [0.3, 0.4) is 0 Å². The van der Waals surface area contributed by atoms with E-state index in [-0.39, 0.29) is 5.91 Å². The van der Waals surface area contributed by atoms with Gasteiger partial charge >= 0.3 is 0 Å². The number of carbonyl (C=O) groups is 1. The average molecular weight is 216 g/mol. The second kappa shape index (κ2) is 4.77.